The fraction of sp³-hybridized carbons (Fsp3) is 0.588. The predicted octanol–water partition coefficient (Wildman–Crippen LogP) is 1.01. The number of quaternary nitrogens is 1. The molecule has 1 heterocycles. The van der Waals surface area contributed by atoms with Crippen molar-refractivity contribution in [3.63, 3.8) is 0 Å². The molecule has 3 aliphatic rings. The number of benzene rings is 1. The molecule has 0 aromatic heterocycles. The summed E-state index contributed by atoms with van der Waals surface area (Å²) in [5.41, 5.74) is 0.687. The minimum atomic E-state index is -0.131. The molecule has 2 unspecified atom stereocenters. The summed E-state index contributed by atoms with van der Waals surface area (Å²) < 4.78 is 5.91. The van der Waals surface area contributed by atoms with Gasteiger partial charge in [0.2, 0.25) is 0 Å². The van der Waals surface area contributed by atoms with E-state index in [0.717, 1.165) is 11.8 Å². The number of rotatable bonds is 2. The lowest BCUT2D eigenvalue weighted by Gasteiger charge is -2.20. The number of ether oxygens (including phenoxy) is 1. The van der Waals surface area contributed by atoms with Crippen LogP contribution in [-0.2, 0) is 4.74 Å². The van der Waals surface area contributed by atoms with Gasteiger partial charge in [-0.2, -0.15) is 0 Å². The maximum Gasteiger partial charge on any atom is 0.338 e. The normalized spacial score (nSPS) is 41.6. The molecule has 2 bridgehead atoms. The second-order valence-electron chi connectivity index (χ2n) is 6.83. The van der Waals surface area contributed by atoms with Crippen LogP contribution in [0.5, 0.6) is 0 Å². The second-order valence-corrected chi connectivity index (χ2v) is 6.83. The van der Waals surface area contributed by atoms with Crippen LogP contribution in [-0.4, -0.2) is 32.2 Å². The fourth-order valence-electron chi connectivity index (χ4n) is 5.02. The van der Waals surface area contributed by atoms with Crippen LogP contribution in [0.3, 0.4) is 0 Å². The van der Waals surface area contributed by atoms with Gasteiger partial charge in [0.25, 0.3) is 0 Å². The molecule has 1 aromatic rings. The van der Waals surface area contributed by atoms with Crippen molar-refractivity contribution in [2.45, 2.75) is 18.9 Å². The largest absolute Gasteiger partial charge is 0.458 e. The zero-order chi connectivity index (χ0) is 13.7. The third-order valence-corrected chi connectivity index (χ3v) is 5.75. The van der Waals surface area contributed by atoms with Crippen molar-refractivity contribution in [2.24, 2.45) is 23.7 Å². The summed E-state index contributed by atoms with van der Waals surface area (Å²) >= 11 is 0. The molecule has 1 aliphatic heterocycles. The molecule has 4 rings (SSSR count). The summed E-state index contributed by atoms with van der Waals surface area (Å²) in [5.74, 6) is 2.70. The van der Waals surface area contributed by atoms with Gasteiger partial charge in [-0.3, -0.25) is 0 Å². The average molecular weight is 272 g/mol. The first-order valence-corrected chi connectivity index (χ1v) is 7.81. The van der Waals surface area contributed by atoms with Crippen molar-refractivity contribution < 1.29 is 14.4 Å². The second kappa shape index (κ2) is 4.59. The van der Waals surface area contributed by atoms with E-state index in [1.54, 1.807) is 4.90 Å². The van der Waals surface area contributed by atoms with Crippen LogP contribution in [0, 0.1) is 23.7 Å². The molecular formula is C17H22NO2+. The van der Waals surface area contributed by atoms with Gasteiger partial charge in [0.1, 0.15) is 6.10 Å². The van der Waals surface area contributed by atoms with Gasteiger partial charge in [-0.25, -0.2) is 4.79 Å². The Morgan fingerprint density at radius 2 is 1.65 bits per heavy atom. The zero-order valence-corrected chi connectivity index (χ0v) is 11.9. The van der Waals surface area contributed by atoms with E-state index >= 15 is 0 Å². The molecule has 0 radical (unpaired) electrons. The third kappa shape index (κ3) is 1.80. The Morgan fingerprint density at radius 1 is 1.05 bits per heavy atom. The van der Waals surface area contributed by atoms with Gasteiger partial charge in [-0.05, 0) is 25.0 Å². The van der Waals surface area contributed by atoms with E-state index in [2.05, 4.69) is 7.05 Å². The summed E-state index contributed by atoms with van der Waals surface area (Å²) in [4.78, 5) is 13.9. The van der Waals surface area contributed by atoms with Crippen molar-refractivity contribution in [3.8, 4) is 0 Å². The van der Waals surface area contributed by atoms with Crippen molar-refractivity contribution in [2.75, 3.05) is 20.1 Å². The first-order valence-electron chi connectivity index (χ1n) is 7.81. The third-order valence-electron chi connectivity index (χ3n) is 5.75. The highest BCUT2D eigenvalue weighted by Crippen LogP contribution is 2.54. The van der Waals surface area contributed by atoms with E-state index in [4.69, 9.17) is 4.74 Å². The van der Waals surface area contributed by atoms with Crippen LogP contribution in [0.15, 0.2) is 30.3 Å². The number of fused-ring (bicyclic) bond motifs is 5. The Hall–Kier alpha value is -1.35. The summed E-state index contributed by atoms with van der Waals surface area (Å²) in [6.07, 6.45) is 2.70. The molecule has 2 aliphatic carbocycles. The average Bonchev–Trinajstić information content (AvgIpc) is 3.10. The minimum absolute atomic E-state index is 0.131. The monoisotopic (exact) mass is 272 g/mol. The molecule has 3 heteroatoms. The maximum absolute atomic E-state index is 12.3. The Bertz CT molecular complexity index is 495. The molecule has 2 saturated carbocycles. The van der Waals surface area contributed by atoms with Gasteiger partial charge < -0.3 is 9.64 Å². The van der Waals surface area contributed by atoms with Crippen LogP contribution < -0.4 is 4.90 Å². The summed E-state index contributed by atoms with van der Waals surface area (Å²) in [5, 5.41) is 0. The summed E-state index contributed by atoms with van der Waals surface area (Å²) in [6, 6.07) is 9.41. The molecule has 6 atom stereocenters. The van der Waals surface area contributed by atoms with Gasteiger partial charge >= 0.3 is 5.97 Å². The quantitative estimate of drug-likeness (QED) is 0.815. The van der Waals surface area contributed by atoms with Crippen LogP contribution in [0.25, 0.3) is 0 Å². The van der Waals surface area contributed by atoms with Crippen LogP contribution in [0.1, 0.15) is 23.2 Å². The van der Waals surface area contributed by atoms with Crippen LogP contribution >= 0.6 is 0 Å². The van der Waals surface area contributed by atoms with Crippen LogP contribution in [0.2, 0.25) is 0 Å². The van der Waals surface area contributed by atoms with Crippen LogP contribution in [0.4, 0.5) is 0 Å². The molecule has 1 aromatic carbocycles. The Morgan fingerprint density at radius 3 is 2.25 bits per heavy atom. The lowest BCUT2D eigenvalue weighted by Crippen LogP contribution is -3.07. The first kappa shape index (κ1) is 12.4. The number of carbonyl (C=O) groups is 1. The van der Waals surface area contributed by atoms with Gasteiger partial charge in [0.05, 0.1) is 25.7 Å². The van der Waals surface area contributed by atoms with Crippen molar-refractivity contribution in [1.82, 2.24) is 0 Å². The highest BCUT2D eigenvalue weighted by Gasteiger charge is 2.60. The Labute approximate surface area is 119 Å². The van der Waals surface area contributed by atoms with E-state index in [-0.39, 0.29) is 12.1 Å². The molecular weight excluding hydrogens is 250 g/mol. The molecule has 3 nitrogen and oxygen atoms in total. The fourth-order valence-corrected chi connectivity index (χ4v) is 5.02. The molecule has 1 saturated heterocycles. The lowest BCUT2D eigenvalue weighted by molar-refractivity contribution is -0.870. The number of hydrogen-bond donors (Lipinski definition) is 1. The molecule has 1 N–H and O–H groups in total. The SMILES string of the molecule is C[NH+]1C[C@@H]2[C@H](C1)[C@H]1CC[C@@H]2C1OC(=O)c1ccccc1. The predicted molar refractivity (Wildman–Crippen MR) is 75.5 cm³/mol. The zero-order valence-electron chi connectivity index (χ0n) is 11.9. The first-order chi connectivity index (χ1) is 9.74. The van der Waals surface area contributed by atoms with Crippen molar-refractivity contribution in [3.05, 3.63) is 35.9 Å². The number of esters is 1. The number of likely N-dealkylation sites (tertiary alicyclic amines) is 1. The van der Waals surface area contributed by atoms with Gasteiger partial charge in [0.15, 0.2) is 0 Å². The van der Waals surface area contributed by atoms with E-state index in [1.807, 2.05) is 30.3 Å². The van der Waals surface area contributed by atoms with Gasteiger partial charge in [-0.15, -0.1) is 0 Å². The number of nitrogens with one attached hydrogen (secondary N) is 1. The maximum atomic E-state index is 12.3. The Kier molecular flexibility index (Phi) is 2.84. The molecule has 0 amide bonds. The van der Waals surface area contributed by atoms with Crippen molar-refractivity contribution >= 4 is 5.97 Å². The summed E-state index contributed by atoms with van der Waals surface area (Å²) in [7, 11) is 2.29. The van der Waals surface area contributed by atoms with E-state index in [0.29, 0.717) is 17.4 Å². The molecule has 106 valence electrons. The molecule has 3 fully saturated rings. The molecule has 0 spiro atoms. The van der Waals surface area contributed by atoms with Gasteiger partial charge in [0, 0.05) is 23.7 Å². The summed E-state index contributed by atoms with van der Waals surface area (Å²) in [6.45, 7) is 2.54. The molecule has 20 heavy (non-hydrogen) atoms. The number of hydrogen-bond acceptors (Lipinski definition) is 2. The Balaban J connectivity index is 1.50. The smallest absolute Gasteiger partial charge is 0.338 e. The highest BCUT2D eigenvalue weighted by atomic mass is 16.5. The van der Waals surface area contributed by atoms with E-state index < -0.39 is 0 Å². The van der Waals surface area contributed by atoms with Crippen molar-refractivity contribution in [1.29, 1.82) is 0 Å². The lowest BCUT2D eigenvalue weighted by atomic mass is 9.82. The minimum Gasteiger partial charge on any atom is -0.458 e. The number of carbonyl (C=O) groups excluding carboxylic acids is 1. The van der Waals surface area contributed by atoms with E-state index in [9.17, 15) is 4.79 Å². The highest BCUT2D eigenvalue weighted by molar-refractivity contribution is 5.89. The topological polar surface area (TPSA) is 30.7 Å². The standard InChI is InChI=1S/C17H21NO2/c1-18-9-14-12-7-8-13(15(14)10-18)16(12)20-17(19)11-5-3-2-4-6-11/h2-6,12-16H,7-10H2,1H3/p+1/t12-,13+,14-,15+,16?. The van der Waals surface area contributed by atoms with Gasteiger partial charge in [-0.1, -0.05) is 18.2 Å². The van der Waals surface area contributed by atoms with E-state index in [1.165, 1.54) is 25.9 Å².